The molecular weight excluding hydrogens is 252 g/mol. The second-order valence-electron chi connectivity index (χ2n) is 5.36. The molecule has 0 spiro atoms. The molecule has 1 fully saturated rings. The van der Waals surface area contributed by atoms with Crippen molar-refractivity contribution in [1.29, 1.82) is 0 Å². The van der Waals surface area contributed by atoms with Gasteiger partial charge < -0.3 is 15.4 Å². The third-order valence-corrected chi connectivity index (χ3v) is 3.70. The standard InChI is InChI=1S/C16H24N2O2/c1-3-12(2)20-15-8-6-13(7-9-15)16(19)18-11-14-5-4-10-17-14/h6-9,12,14,17H,3-5,10-11H2,1-2H3,(H,18,19). The van der Waals surface area contributed by atoms with E-state index < -0.39 is 0 Å². The lowest BCUT2D eigenvalue weighted by Crippen LogP contribution is -2.37. The first-order valence-corrected chi connectivity index (χ1v) is 7.47. The fourth-order valence-corrected chi connectivity index (χ4v) is 2.25. The predicted octanol–water partition coefficient (Wildman–Crippen LogP) is 2.35. The maximum absolute atomic E-state index is 12.0. The molecule has 4 nitrogen and oxygen atoms in total. The van der Waals surface area contributed by atoms with E-state index in [4.69, 9.17) is 4.74 Å². The first-order valence-electron chi connectivity index (χ1n) is 7.47. The van der Waals surface area contributed by atoms with E-state index in [-0.39, 0.29) is 12.0 Å². The number of carbonyl (C=O) groups is 1. The summed E-state index contributed by atoms with van der Waals surface area (Å²) < 4.78 is 5.70. The summed E-state index contributed by atoms with van der Waals surface area (Å²) in [4.78, 5) is 12.0. The Hall–Kier alpha value is -1.55. The van der Waals surface area contributed by atoms with Crippen LogP contribution in [0.1, 0.15) is 43.5 Å². The fourth-order valence-electron chi connectivity index (χ4n) is 2.25. The van der Waals surface area contributed by atoms with E-state index in [0.717, 1.165) is 25.1 Å². The lowest BCUT2D eigenvalue weighted by Gasteiger charge is -2.13. The van der Waals surface area contributed by atoms with Crippen molar-refractivity contribution in [3.8, 4) is 5.75 Å². The SMILES string of the molecule is CCC(C)Oc1ccc(C(=O)NCC2CCCN2)cc1. The van der Waals surface area contributed by atoms with Crippen LogP contribution in [0.15, 0.2) is 24.3 Å². The van der Waals surface area contributed by atoms with Crippen LogP contribution in [-0.2, 0) is 0 Å². The van der Waals surface area contributed by atoms with Gasteiger partial charge in [0, 0.05) is 18.2 Å². The van der Waals surface area contributed by atoms with E-state index in [2.05, 4.69) is 17.6 Å². The van der Waals surface area contributed by atoms with Gasteiger partial charge in [-0.3, -0.25) is 4.79 Å². The van der Waals surface area contributed by atoms with Gasteiger partial charge in [-0.25, -0.2) is 0 Å². The van der Waals surface area contributed by atoms with Crippen LogP contribution < -0.4 is 15.4 Å². The van der Waals surface area contributed by atoms with Gasteiger partial charge in [0.25, 0.3) is 5.91 Å². The van der Waals surface area contributed by atoms with E-state index in [0.29, 0.717) is 18.2 Å². The minimum atomic E-state index is -0.0196. The van der Waals surface area contributed by atoms with Crippen LogP contribution in [0.5, 0.6) is 5.75 Å². The molecule has 0 saturated carbocycles. The van der Waals surface area contributed by atoms with Crippen molar-refractivity contribution in [3.63, 3.8) is 0 Å². The number of benzene rings is 1. The highest BCUT2D eigenvalue weighted by atomic mass is 16.5. The van der Waals surface area contributed by atoms with Crippen LogP contribution in [0, 0.1) is 0 Å². The lowest BCUT2D eigenvalue weighted by molar-refractivity contribution is 0.0950. The Balaban J connectivity index is 1.83. The molecule has 1 aliphatic heterocycles. The molecule has 0 bridgehead atoms. The molecule has 1 saturated heterocycles. The molecule has 0 aromatic heterocycles. The Morgan fingerprint density at radius 1 is 1.45 bits per heavy atom. The highest BCUT2D eigenvalue weighted by molar-refractivity contribution is 5.94. The van der Waals surface area contributed by atoms with Gasteiger partial charge in [-0.2, -0.15) is 0 Å². The second-order valence-corrected chi connectivity index (χ2v) is 5.36. The number of carbonyl (C=O) groups excluding carboxylic acids is 1. The quantitative estimate of drug-likeness (QED) is 0.838. The van der Waals surface area contributed by atoms with E-state index in [1.54, 1.807) is 0 Å². The maximum atomic E-state index is 12.0. The molecule has 1 amide bonds. The molecule has 1 heterocycles. The molecule has 1 aromatic rings. The molecule has 1 aromatic carbocycles. The fraction of sp³-hybridized carbons (Fsp3) is 0.562. The highest BCUT2D eigenvalue weighted by Gasteiger charge is 2.15. The number of rotatable bonds is 6. The number of ether oxygens (including phenoxy) is 1. The summed E-state index contributed by atoms with van der Waals surface area (Å²) in [6.45, 7) is 5.88. The molecule has 1 aliphatic rings. The van der Waals surface area contributed by atoms with E-state index in [1.807, 2.05) is 31.2 Å². The van der Waals surface area contributed by atoms with Gasteiger partial charge in [-0.05, 0) is 57.0 Å². The third kappa shape index (κ3) is 4.23. The molecule has 2 rings (SSSR count). The molecular formula is C16H24N2O2. The van der Waals surface area contributed by atoms with E-state index in [1.165, 1.54) is 6.42 Å². The first-order chi connectivity index (χ1) is 9.69. The largest absolute Gasteiger partial charge is 0.491 e. The topological polar surface area (TPSA) is 50.4 Å². The first kappa shape index (κ1) is 14.9. The molecule has 2 N–H and O–H groups in total. The average molecular weight is 276 g/mol. The van der Waals surface area contributed by atoms with Gasteiger partial charge >= 0.3 is 0 Å². The van der Waals surface area contributed by atoms with Gasteiger partial charge in [-0.1, -0.05) is 6.92 Å². The Bertz CT molecular complexity index is 425. The van der Waals surface area contributed by atoms with Crippen LogP contribution in [0.3, 0.4) is 0 Å². The monoisotopic (exact) mass is 276 g/mol. The minimum absolute atomic E-state index is 0.0196. The van der Waals surface area contributed by atoms with Crippen molar-refractivity contribution >= 4 is 5.91 Å². The van der Waals surface area contributed by atoms with Crippen molar-refractivity contribution in [2.75, 3.05) is 13.1 Å². The lowest BCUT2D eigenvalue weighted by atomic mass is 10.2. The third-order valence-electron chi connectivity index (χ3n) is 3.70. The van der Waals surface area contributed by atoms with Gasteiger partial charge in [0.15, 0.2) is 0 Å². The van der Waals surface area contributed by atoms with Gasteiger partial charge in [-0.15, -0.1) is 0 Å². The zero-order valence-corrected chi connectivity index (χ0v) is 12.3. The van der Waals surface area contributed by atoms with Crippen molar-refractivity contribution in [2.45, 2.75) is 45.3 Å². The van der Waals surface area contributed by atoms with Gasteiger partial charge in [0.1, 0.15) is 5.75 Å². The number of amides is 1. The van der Waals surface area contributed by atoms with Crippen LogP contribution in [0.2, 0.25) is 0 Å². The van der Waals surface area contributed by atoms with E-state index in [9.17, 15) is 4.79 Å². The molecule has 110 valence electrons. The van der Waals surface area contributed by atoms with E-state index >= 15 is 0 Å². The molecule has 0 radical (unpaired) electrons. The molecule has 2 atom stereocenters. The minimum Gasteiger partial charge on any atom is -0.491 e. The normalized spacial score (nSPS) is 19.6. The number of hydrogen-bond donors (Lipinski definition) is 2. The Kier molecular flexibility index (Phi) is 5.41. The average Bonchev–Trinajstić information content (AvgIpc) is 2.98. The predicted molar refractivity (Wildman–Crippen MR) is 80.2 cm³/mol. The smallest absolute Gasteiger partial charge is 0.251 e. The highest BCUT2D eigenvalue weighted by Crippen LogP contribution is 2.15. The van der Waals surface area contributed by atoms with Crippen LogP contribution >= 0.6 is 0 Å². The summed E-state index contributed by atoms with van der Waals surface area (Å²) in [5.74, 6) is 0.794. The summed E-state index contributed by atoms with van der Waals surface area (Å²) in [5, 5.41) is 6.34. The summed E-state index contributed by atoms with van der Waals surface area (Å²) >= 11 is 0. The van der Waals surface area contributed by atoms with Gasteiger partial charge in [0.05, 0.1) is 6.10 Å². The van der Waals surface area contributed by atoms with Crippen LogP contribution in [0.25, 0.3) is 0 Å². The van der Waals surface area contributed by atoms with Crippen molar-refractivity contribution < 1.29 is 9.53 Å². The van der Waals surface area contributed by atoms with Crippen LogP contribution in [-0.4, -0.2) is 31.1 Å². The van der Waals surface area contributed by atoms with Crippen molar-refractivity contribution in [3.05, 3.63) is 29.8 Å². The summed E-state index contributed by atoms with van der Waals surface area (Å²) in [5.41, 5.74) is 0.680. The second kappa shape index (κ2) is 7.29. The van der Waals surface area contributed by atoms with Crippen molar-refractivity contribution in [2.24, 2.45) is 0 Å². The Morgan fingerprint density at radius 3 is 2.80 bits per heavy atom. The number of nitrogens with one attached hydrogen (secondary N) is 2. The maximum Gasteiger partial charge on any atom is 0.251 e. The van der Waals surface area contributed by atoms with Gasteiger partial charge in [0.2, 0.25) is 0 Å². The summed E-state index contributed by atoms with van der Waals surface area (Å²) in [7, 11) is 0. The Labute approximate surface area is 120 Å². The summed E-state index contributed by atoms with van der Waals surface area (Å²) in [6, 6.07) is 7.76. The zero-order valence-electron chi connectivity index (χ0n) is 12.3. The molecule has 4 heteroatoms. The van der Waals surface area contributed by atoms with Crippen LogP contribution in [0.4, 0.5) is 0 Å². The summed E-state index contributed by atoms with van der Waals surface area (Å²) in [6.07, 6.45) is 3.50. The molecule has 2 unspecified atom stereocenters. The zero-order chi connectivity index (χ0) is 14.4. The Morgan fingerprint density at radius 2 is 2.20 bits per heavy atom. The molecule has 0 aliphatic carbocycles. The molecule has 20 heavy (non-hydrogen) atoms. The number of hydrogen-bond acceptors (Lipinski definition) is 3. The van der Waals surface area contributed by atoms with Crippen molar-refractivity contribution in [1.82, 2.24) is 10.6 Å².